The Hall–Kier alpha value is -4.07. The molecule has 0 bridgehead atoms. The number of alkyl halides is 3. The molecule has 1 fully saturated rings. The lowest BCUT2D eigenvalue weighted by molar-refractivity contribution is -0.137. The standard InChI is InChI=1S/C26H20F3NO4/c1-15-7-5-8-16(13-15)22-21(23(31)19-11-3-4-12-20(19)34-2)24(32)25(33)30(22)18-10-6-9-17(14-18)26(27,28)29/h3-14,22,31H,1-2H3/b23-21+. The van der Waals surface area contributed by atoms with E-state index in [1.54, 1.807) is 49.4 Å². The normalized spacial score (nSPS) is 17.8. The minimum Gasteiger partial charge on any atom is -0.507 e. The molecule has 3 aromatic rings. The highest BCUT2D eigenvalue weighted by Gasteiger charge is 2.47. The van der Waals surface area contributed by atoms with E-state index in [0.717, 1.165) is 22.6 Å². The zero-order valence-corrected chi connectivity index (χ0v) is 18.3. The third-order valence-corrected chi connectivity index (χ3v) is 5.62. The molecule has 0 saturated carbocycles. The van der Waals surface area contributed by atoms with Gasteiger partial charge in [0.1, 0.15) is 11.5 Å². The molecule has 1 saturated heterocycles. The van der Waals surface area contributed by atoms with Crippen molar-refractivity contribution in [3.8, 4) is 5.75 Å². The van der Waals surface area contributed by atoms with Crippen molar-refractivity contribution < 1.29 is 32.6 Å². The van der Waals surface area contributed by atoms with Gasteiger partial charge in [0.15, 0.2) is 0 Å². The lowest BCUT2D eigenvalue weighted by Gasteiger charge is -2.26. The Balaban J connectivity index is 1.98. The Morgan fingerprint density at radius 3 is 2.35 bits per heavy atom. The number of aliphatic hydroxyl groups excluding tert-OH is 1. The second-order valence-corrected chi connectivity index (χ2v) is 7.83. The van der Waals surface area contributed by atoms with Crippen LogP contribution in [-0.4, -0.2) is 23.9 Å². The molecule has 1 aliphatic heterocycles. The first-order valence-corrected chi connectivity index (χ1v) is 10.3. The number of para-hydroxylation sites is 1. The monoisotopic (exact) mass is 467 g/mol. The van der Waals surface area contributed by atoms with Crippen LogP contribution >= 0.6 is 0 Å². The van der Waals surface area contributed by atoms with Crippen LogP contribution in [0.3, 0.4) is 0 Å². The van der Waals surface area contributed by atoms with Gasteiger partial charge in [0, 0.05) is 5.69 Å². The number of Topliss-reactive ketones (excluding diaryl/α,β-unsaturated/α-hetero) is 1. The number of carbonyl (C=O) groups excluding carboxylic acids is 2. The molecule has 0 spiro atoms. The van der Waals surface area contributed by atoms with Gasteiger partial charge >= 0.3 is 6.18 Å². The molecule has 1 heterocycles. The number of ketones is 1. The average molecular weight is 467 g/mol. The number of hydrogen-bond donors (Lipinski definition) is 1. The Morgan fingerprint density at radius 1 is 0.971 bits per heavy atom. The Morgan fingerprint density at radius 2 is 1.68 bits per heavy atom. The van der Waals surface area contributed by atoms with Crippen LogP contribution in [0.4, 0.5) is 18.9 Å². The molecule has 1 unspecified atom stereocenters. The van der Waals surface area contributed by atoms with E-state index in [4.69, 9.17) is 4.74 Å². The van der Waals surface area contributed by atoms with Crippen LogP contribution in [0.1, 0.15) is 28.3 Å². The minimum absolute atomic E-state index is 0.109. The first-order chi connectivity index (χ1) is 16.1. The van der Waals surface area contributed by atoms with E-state index in [0.29, 0.717) is 5.56 Å². The van der Waals surface area contributed by atoms with E-state index in [1.807, 2.05) is 0 Å². The molecule has 0 aliphatic carbocycles. The summed E-state index contributed by atoms with van der Waals surface area (Å²) in [6, 6.07) is 16.3. The molecular formula is C26H20F3NO4. The summed E-state index contributed by atoms with van der Waals surface area (Å²) >= 11 is 0. The summed E-state index contributed by atoms with van der Waals surface area (Å²) in [6.45, 7) is 1.81. The summed E-state index contributed by atoms with van der Waals surface area (Å²) in [6.07, 6.45) is -4.64. The quantitative estimate of drug-likeness (QED) is 0.306. The van der Waals surface area contributed by atoms with Gasteiger partial charge in [-0.15, -0.1) is 0 Å². The van der Waals surface area contributed by atoms with Crippen molar-refractivity contribution in [1.82, 2.24) is 0 Å². The summed E-state index contributed by atoms with van der Waals surface area (Å²) in [7, 11) is 1.39. The van der Waals surface area contributed by atoms with E-state index < -0.39 is 35.2 Å². The van der Waals surface area contributed by atoms with E-state index >= 15 is 0 Å². The number of carbonyl (C=O) groups is 2. The van der Waals surface area contributed by atoms with Crippen LogP contribution in [0.25, 0.3) is 5.76 Å². The molecule has 1 amide bonds. The number of aryl methyl sites for hydroxylation is 1. The van der Waals surface area contributed by atoms with Crippen molar-refractivity contribution in [3.63, 3.8) is 0 Å². The smallest absolute Gasteiger partial charge is 0.416 e. The number of anilines is 1. The highest BCUT2D eigenvalue weighted by atomic mass is 19.4. The molecule has 1 atom stereocenters. The second-order valence-electron chi connectivity index (χ2n) is 7.83. The molecule has 1 N–H and O–H groups in total. The van der Waals surface area contributed by atoms with Crippen molar-refractivity contribution in [2.24, 2.45) is 0 Å². The zero-order valence-electron chi connectivity index (χ0n) is 18.3. The van der Waals surface area contributed by atoms with Crippen molar-refractivity contribution in [3.05, 3.63) is 101 Å². The van der Waals surface area contributed by atoms with Gasteiger partial charge in [0.2, 0.25) is 0 Å². The zero-order chi connectivity index (χ0) is 24.6. The van der Waals surface area contributed by atoms with E-state index in [-0.39, 0.29) is 22.6 Å². The van der Waals surface area contributed by atoms with Crippen LogP contribution < -0.4 is 9.64 Å². The number of amides is 1. The number of aliphatic hydroxyl groups is 1. The predicted octanol–water partition coefficient (Wildman–Crippen LogP) is 5.65. The van der Waals surface area contributed by atoms with Crippen molar-refractivity contribution in [2.45, 2.75) is 19.1 Å². The first kappa shape index (κ1) is 23.1. The van der Waals surface area contributed by atoms with Crippen LogP contribution in [0.15, 0.2) is 78.4 Å². The fraction of sp³-hybridized carbons (Fsp3) is 0.154. The third kappa shape index (κ3) is 4.03. The van der Waals surface area contributed by atoms with Gasteiger partial charge in [-0.25, -0.2) is 0 Å². The summed E-state index contributed by atoms with van der Waals surface area (Å²) in [4.78, 5) is 27.3. The fourth-order valence-corrected chi connectivity index (χ4v) is 4.07. The fourth-order valence-electron chi connectivity index (χ4n) is 4.07. The van der Waals surface area contributed by atoms with E-state index in [1.165, 1.54) is 25.3 Å². The topological polar surface area (TPSA) is 66.8 Å². The Labute approximate surface area is 193 Å². The molecule has 8 heteroatoms. The number of nitrogens with zero attached hydrogens (tertiary/aromatic N) is 1. The van der Waals surface area contributed by atoms with Gasteiger partial charge in [-0.05, 0) is 42.8 Å². The van der Waals surface area contributed by atoms with E-state index in [9.17, 15) is 27.9 Å². The van der Waals surface area contributed by atoms with Crippen molar-refractivity contribution in [2.75, 3.05) is 12.0 Å². The number of hydrogen-bond acceptors (Lipinski definition) is 4. The molecule has 5 nitrogen and oxygen atoms in total. The van der Waals surface area contributed by atoms with Crippen LogP contribution in [0.5, 0.6) is 5.75 Å². The van der Waals surface area contributed by atoms with Gasteiger partial charge in [-0.1, -0.05) is 48.0 Å². The van der Waals surface area contributed by atoms with Gasteiger partial charge in [0.25, 0.3) is 11.7 Å². The number of halogens is 3. The van der Waals surface area contributed by atoms with E-state index in [2.05, 4.69) is 0 Å². The van der Waals surface area contributed by atoms with Gasteiger partial charge < -0.3 is 9.84 Å². The van der Waals surface area contributed by atoms with Gasteiger partial charge in [-0.3, -0.25) is 14.5 Å². The van der Waals surface area contributed by atoms with Crippen molar-refractivity contribution in [1.29, 1.82) is 0 Å². The largest absolute Gasteiger partial charge is 0.507 e. The Kier molecular flexibility index (Phi) is 5.91. The first-order valence-electron chi connectivity index (χ1n) is 10.3. The van der Waals surface area contributed by atoms with Crippen LogP contribution in [0, 0.1) is 6.92 Å². The maximum absolute atomic E-state index is 13.4. The minimum atomic E-state index is -4.64. The third-order valence-electron chi connectivity index (χ3n) is 5.62. The van der Waals surface area contributed by atoms with Crippen LogP contribution in [0.2, 0.25) is 0 Å². The lowest BCUT2D eigenvalue weighted by Crippen LogP contribution is -2.29. The maximum Gasteiger partial charge on any atom is 0.416 e. The van der Waals surface area contributed by atoms with Gasteiger partial charge in [-0.2, -0.15) is 13.2 Å². The molecule has 4 rings (SSSR count). The summed E-state index contributed by atoms with van der Waals surface area (Å²) in [5.74, 6) is -2.25. The maximum atomic E-state index is 13.4. The Bertz CT molecular complexity index is 1310. The van der Waals surface area contributed by atoms with Gasteiger partial charge in [0.05, 0.1) is 29.9 Å². The predicted molar refractivity (Wildman–Crippen MR) is 120 cm³/mol. The SMILES string of the molecule is COc1ccccc1/C(O)=C1\C(=O)C(=O)N(c2cccc(C(F)(F)F)c2)C1c1cccc(C)c1. The molecule has 0 radical (unpaired) electrons. The highest BCUT2D eigenvalue weighted by Crippen LogP contribution is 2.44. The molecular weight excluding hydrogens is 447 g/mol. The van der Waals surface area contributed by atoms with Crippen LogP contribution in [-0.2, 0) is 15.8 Å². The summed E-state index contributed by atoms with van der Waals surface area (Å²) < 4.78 is 45.4. The molecule has 174 valence electrons. The number of rotatable bonds is 4. The summed E-state index contributed by atoms with van der Waals surface area (Å²) in [5.41, 5.74) is 0.154. The molecule has 1 aliphatic rings. The number of ether oxygens (including phenoxy) is 1. The van der Waals surface area contributed by atoms with Crippen molar-refractivity contribution >= 4 is 23.1 Å². The number of methoxy groups -OCH3 is 1. The highest BCUT2D eigenvalue weighted by molar-refractivity contribution is 6.51. The molecule has 34 heavy (non-hydrogen) atoms. The molecule has 3 aromatic carbocycles. The second kappa shape index (κ2) is 8.70. The lowest BCUT2D eigenvalue weighted by atomic mass is 9.94. The summed E-state index contributed by atoms with van der Waals surface area (Å²) in [5, 5.41) is 11.2. The average Bonchev–Trinajstić information content (AvgIpc) is 3.08. The molecule has 0 aromatic heterocycles. The number of benzene rings is 3.